The summed E-state index contributed by atoms with van der Waals surface area (Å²) in [6.45, 7) is 2.23. The van der Waals surface area contributed by atoms with Crippen molar-refractivity contribution in [2.75, 3.05) is 6.61 Å². The summed E-state index contributed by atoms with van der Waals surface area (Å²) in [5.74, 6) is -6.22. The Labute approximate surface area is 135 Å². The summed E-state index contributed by atoms with van der Waals surface area (Å²) < 4.78 is 32.3. The summed E-state index contributed by atoms with van der Waals surface area (Å²) >= 11 is 0. The molecule has 0 radical (unpaired) electrons. The molecule has 0 saturated carbocycles. The Balaban J connectivity index is 2.27. The van der Waals surface area contributed by atoms with Crippen molar-refractivity contribution in [3.8, 4) is 0 Å². The maximum atomic E-state index is 13.9. The molecule has 1 rings (SSSR count). The normalized spacial score (nSPS) is 19.5. The number of hydrogen-bond acceptors (Lipinski definition) is 4. The van der Waals surface area contributed by atoms with Crippen LogP contribution in [0.5, 0.6) is 0 Å². The molecule has 0 unspecified atom stereocenters. The topological polar surface area (TPSA) is 75.6 Å². The Morgan fingerprint density at radius 2 is 1.91 bits per heavy atom. The van der Waals surface area contributed by atoms with Crippen LogP contribution in [0, 0.1) is 0 Å². The number of ether oxygens (including phenoxy) is 1. The molecule has 1 aliphatic rings. The van der Waals surface area contributed by atoms with Gasteiger partial charge in [0.2, 0.25) is 0 Å². The molecule has 23 heavy (non-hydrogen) atoms. The average molecular weight is 335 g/mol. The minimum absolute atomic E-state index is 0.107. The van der Waals surface area contributed by atoms with Gasteiger partial charge < -0.3 is 15.2 Å². The van der Waals surface area contributed by atoms with Gasteiger partial charge >= 0.3 is 11.9 Å². The minimum Gasteiger partial charge on any atom is -0.464 e. The van der Waals surface area contributed by atoms with E-state index in [2.05, 4.69) is 11.7 Å². The second-order valence-corrected chi connectivity index (χ2v) is 6.03. The van der Waals surface area contributed by atoms with E-state index in [9.17, 15) is 23.5 Å². The lowest BCUT2D eigenvalue weighted by molar-refractivity contribution is -0.166. The highest BCUT2D eigenvalue weighted by atomic mass is 19.3. The van der Waals surface area contributed by atoms with Crippen molar-refractivity contribution < 1.29 is 28.2 Å². The third-order valence-corrected chi connectivity index (χ3v) is 4.04. The highest BCUT2D eigenvalue weighted by Gasteiger charge is 2.47. The third-order valence-electron chi connectivity index (χ3n) is 4.04. The summed E-state index contributed by atoms with van der Waals surface area (Å²) in [4.78, 5) is 22.8. The number of halogens is 2. The first kappa shape index (κ1) is 19.8. The van der Waals surface area contributed by atoms with Crippen LogP contribution in [0.1, 0.15) is 64.7 Å². The molecule has 1 aliphatic heterocycles. The molecule has 7 heteroatoms. The van der Waals surface area contributed by atoms with Crippen LogP contribution < -0.4 is 5.32 Å². The van der Waals surface area contributed by atoms with Crippen LogP contribution in [0.3, 0.4) is 0 Å². The Hall–Kier alpha value is -1.24. The first-order chi connectivity index (χ1) is 10.9. The molecule has 1 amide bonds. The molecule has 0 aromatic carbocycles. The molecule has 1 saturated heterocycles. The van der Waals surface area contributed by atoms with E-state index in [4.69, 9.17) is 0 Å². The van der Waals surface area contributed by atoms with Crippen molar-refractivity contribution in [1.82, 2.24) is 5.32 Å². The lowest BCUT2D eigenvalue weighted by atomic mass is 10.0. The number of cyclic esters (lactones) is 1. The van der Waals surface area contributed by atoms with Crippen molar-refractivity contribution in [1.29, 1.82) is 0 Å². The van der Waals surface area contributed by atoms with Gasteiger partial charge in [-0.2, -0.15) is 8.78 Å². The molecule has 5 nitrogen and oxygen atoms in total. The second kappa shape index (κ2) is 9.80. The number of unbranched alkanes of at least 4 members (excludes halogenated alkanes) is 6. The number of amides is 1. The average Bonchev–Trinajstić information content (AvgIpc) is 2.91. The van der Waals surface area contributed by atoms with Gasteiger partial charge in [-0.15, -0.1) is 0 Å². The zero-order chi connectivity index (χ0) is 17.3. The van der Waals surface area contributed by atoms with Gasteiger partial charge in [0.15, 0.2) is 0 Å². The third kappa shape index (κ3) is 6.41. The summed E-state index contributed by atoms with van der Waals surface area (Å²) in [5.41, 5.74) is 0. The number of aliphatic hydroxyl groups is 1. The predicted molar refractivity (Wildman–Crippen MR) is 81.1 cm³/mol. The number of aliphatic hydroxyl groups excluding tert-OH is 1. The molecular formula is C16H27F2NO4. The number of nitrogens with one attached hydrogen (secondary N) is 1. The molecule has 0 spiro atoms. The number of esters is 1. The molecule has 0 aromatic heterocycles. The van der Waals surface area contributed by atoms with E-state index in [1.807, 2.05) is 5.32 Å². The van der Waals surface area contributed by atoms with E-state index in [0.29, 0.717) is 6.42 Å². The van der Waals surface area contributed by atoms with Crippen LogP contribution in [-0.4, -0.2) is 41.7 Å². The number of hydrogen-bond donors (Lipinski definition) is 2. The monoisotopic (exact) mass is 335 g/mol. The number of alkyl halides is 2. The Bertz CT molecular complexity index is 390. The summed E-state index contributed by atoms with van der Waals surface area (Å²) in [6, 6.07) is -1.04. The number of carbonyl (C=O) groups is 2. The first-order valence-electron chi connectivity index (χ1n) is 8.43. The molecule has 1 heterocycles. The van der Waals surface area contributed by atoms with Gasteiger partial charge in [0, 0.05) is 6.42 Å². The zero-order valence-corrected chi connectivity index (χ0v) is 13.7. The van der Waals surface area contributed by atoms with Crippen molar-refractivity contribution in [2.45, 2.75) is 82.8 Å². The Kier molecular flexibility index (Phi) is 8.44. The van der Waals surface area contributed by atoms with Gasteiger partial charge in [0.25, 0.3) is 5.91 Å². The maximum absolute atomic E-state index is 13.9. The van der Waals surface area contributed by atoms with Crippen molar-refractivity contribution in [3.63, 3.8) is 0 Å². The molecular weight excluding hydrogens is 308 g/mol. The standard InChI is InChI=1S/C16H27F2NO4/c1-2-3-4-5-6-7-8-9-13(20)16(17,18)15(22)19-12-10-11-23-14(12)21/h12-13,20H,2-11H2,1H3,(H,19,22)/t12-,13+/m0/s1. The fraction of sp³-hybridized carbons (Fsp3) is 0.875. The van der Waals surface area contributed by atoms with Gasteiger partial charge in [-0.1, -0.05) is 51.9 Å². The van der Waals surface area contributed by atoms with Crippen molar-refractivity contribution in [2.24, 2.45) is 0 Å². The van der Waals surface area contributed by atoms with Crippen LogP contribution >= 0.6 is 0 Å². The smallest absolute Gasteiger partial charge is 0.349 e. The van der Waals surface area contributed by atoms with E-state index in [-0.39, 0.29) is 19.4 Å². The van der Waals surface area contributed by atoms with Crippen molar-refractivity contribution >= 4 is 11.9 Å². The quantitative estimate of drug-likeness (QED) is 0.449. The lowest BCUT2D eigenvalue weighted by Gasteiger charge is -2.22. The molecule has 0 aliphatic carbocycles. The van der Waals surface area contributed by atoms with Gasteiger partial charge in [0.05, 0.1) is 6.61 Å². The molecule has 134 valence electrons. The number of rotatable bonds is 11. The summed E-state index contributed by atoms with van der Waals surface area (Å²) in [7, 11) is 0. The summed E-state index contributed by atoms with van der Waals surface area (Å²) in [6.07, 6.45) is 4.67. The van der Waals surface area contributed by atoms with E-state index in [1.54, 1.807) is 0 Å². The molecule has 0 aromatic rings. The molecule has 2 N–H and O–H groups in total. The van der Waals surface area contributed by atoms with Crippen LogP contribution in [0.15, 0.2) is 0 Å². The van der Waals surface area contributed by atoms with Gasteiger partial charge in [-0.3, -0.25) is 4.79 Å². The van der Waals surface area contributed by atoms with Crippen LogP contribution in [-0.2, 0) is 14.3 Å². The fourth-order valence-electron chi connectivity index (χ4n) is 2.51. The number of carbonyl (C=O) groups excluding carboxylic acids is 2. The SMILES string of the molecule is CCCCCCCCC[C@@H](O)C(F)(F)C(=O)N[C@H]1CCOC1=O. The molecule has 0 bridgehead atoms. The predicted octanol–water partition coefficient (Wildman–Crippen LogP) is 2.56. The summed E-state index contributed by atoms with van der Waals surface area (Å²) in [5, 5.41) is 11.6. The second-order valence-electron chi connectivity index (χ2n) is 6.03. The fourth-order valence-corrected chi connectivity index (χ4v) is 2.51. The Morgan fingerprint density at radius 1 is 1.30 bits per heavy atom. The zero-order valence-electron chi connectivity index (χ0n) is 13.7. The lowest BCUT2D eigenvalue weighted by Crippen LogP contribution is -2.52. The van der Waals surface area contributed by atoms with E-state index < -0.39 is 29.9 Å². The van der Waals surface area contributed by atoms with E-state index in [1.165, 1.54) is 6.42 Å². The minimum atomic E-state index is -3.90. The maximum Gasteiger partial charge on any atom is 0.349 e. The van der Waals surface area contributed by atoms with Crippen LogP contribution in [0.2, 0.25) is 0 Å². The largest absolute Gasteiger partial charge is 0.464 e. The van der Waals surface area contributed by atoms with Gasteiger partial charge in [-0.05, 0) is 6.42 Å². The van der Waals surface area contributed by atoms with E-state index in [0.717, 1.165) is 32.1 Å². The van der Waals surface area contributed by atoms with Crippen LogP contribution in [0.4, 0.5) is 8.78 Å². The first-order valence-corrected chi connectivity index (χ1v) is 8.43. The van der Waals surface area contributed by atoms with Crippen molar-refractivity contribution in [3.05, 3.63) is 0 Å². The van der Waals surface area contributed by atoms with E-state index >= 15 is 0 Å². The van der Waals surface area contributed by atoms with Gasteiger partial charge in [-0.25, -0.2) is 4.79 Å². The molecule has 2 atom stereocenters. The van der Waals surface area contributed by atoms with Gasteiger partial charge in [0.1, 0.15) is 12.1 Å². The molecule has 1 fully saturated rings. The highest BCUT2D eigenvalue weighted by Crippen LogP contribution is 2.24. The highest BCUT2D eigenvalue weighted by molar-refractivity contribution is 5.89. The van der Waals surface area contributed by atoms with Crippen LogP contribution in [0.25, 0.3) is 0 Å². The Morgan fingerprint density at radius 3 is 2.48 bits per heavy atom.